The molecule has 7 nitrogen and oxygen atoms in total. The van der Waals surface area contributed by atoms with Crippen LogP contribution in [0.2, 0.25) is 0 Å². The number of hydrogen-bond donors (Lipinski definition) is 2. The molecule has 0 radical (unpaired) electrons. The van der Waals surface area contributed by atoms with E-state index < -0.39 is 17.3 Å². The zero-order chi connectivity index (χ0) is 20.9. The Morgan fingerprint density at radius 1 is 1.17 bits per heavy atom. The lowest BCUT2D eigenvalue weighted by molar-refractivity contribution is -0.138. The quantitative estimate of drug-likeness (QED) is 0.347. The Morgan fingerprint density at radius 3 is 2.34 bits per heavy atom. The van der Waals surface area contributed by atoms with E-state index in [2.05, 4.69) is 25.8 Å². The summed E-state index contributed by atoms with van der Waals surface area (Å²) in [7, 11) is 1.51. The molecule has 0 bridgehead atoms. The number of benzene rings is 1. The first-order chi connectivity index (χ1) is 13.0. The van der Waals surface area contributed by atoms with Crippen molar-refractivity contribution in [3.05, 3.63) is 41.0 Å². The van der Waals surface area contributed by atoms with Gasteiger partial charge >= 0.3 is 6.18 Å². The first-order valence-electron chi connectivity index (χ1n) is 8.61. The van der Waals surface area contributed by atoms with Crippen molar-refractivity contribution in [2.24, 2.45) is 4.99 Å². The number of aliphatic imine (C=N–C) groups is 1. The lowest BCUT2D eigenvalue weighted by Crippen LogP contribution is -2.36. The first-order valence-corrected chi connectivity index (χ1v) is 8.61. The van der Waals surface area contributed by atoms with Gasteiger partial charge in [-0.15, -0.1) is 24.0 Å². The third kappa shape index (κ3) is 8.07. The summed E-state index contributed by atoms with van der Waals surface area (Å²) >= 11 is 0. The predicted molar refractivity (Wildman–Crippen MR) is 113 cm³/mol. The van der Waals surface area contributed by atoms with Gasteiger partial charge in [0.05, 0.1) is 12.1 Å². The van der Waals surface area contributed by atoms with Crippen LogP contribution in [-0.2, 0) is 19.3 Å². The van der Waals surface area contributed by atoms with Crippen molar-refractivity contribution in [3.63, 3.8) is 0 Å². The van der Waals surface area contributed by atoms with Gasteiger partial charge in [-0.05, 0) is 45.4 Å². The zero-order valence-electron chi connectivity index (χ0n) is 16.8. The molecule has 1 heterocycles. The monoisotopic (exact) mass is 527 g/mol. The molecule has 0 saturated heterocycles. The number of alkyl halides is 3. The highest BCUT2D eigenvalue weighted by Crippen LogP contribution is 2.35. The largest absolute Gasteiger partial charge is 0.488 e. The maximum absolute atomic E-state index is 13.5. The molecule has 0 aliphatic rings. The highest BCUT2D eigenvalue weighted by Gasteiger charge is 2.34. The predicted octanol–water partition coefficient (Wildman–Crippen LogP) is 4.06. The molecule has 1 aromatic carbocycles. The minimum Gasteiger partial charge on any atom is -0.488 e. The summed E-state index contributed by atoms with van der Waals surface area (Å²) < 4.78 is 51.0. The van der Waals surface area contributed by atoms with Gasteiger partial charge in [-0.2, -0.15) is 18.2 Å². The third-order valence-electron chi connectivity index (χ3n) is 3.46. The molecule has 2 aromatic rings. The summed E-state index contributed by atoms with van der Waals surface area (Å²) in [6.07, 6.45) is -4.51. The van der Waals surface area contributed by atoms with Crippen molar-refractivity contribution < 1.29 is 22.4 Å². The van der Waals surface area contributed by atoms with Gasteiger partial charge in [0.25, 0.3) is 0 Å². The minimum atomic E-state index is -4.51. The highest BCUT2D eigenvalue weighted by atomic mass is 127. The minimum absolute atomic E-state index is 0. The molecule has 11 heteroatoms. The number of aromatic nitrogens is 2. The average molecular weight is 527 g/mol. The van der Waals surface area contributed by atoms with Crippen LogP contribution in [-0.4, -0.2) is 28.7 Å². The smallest absolute Gasteiger partial charge is 0.416 e. The SMILES string of the molecule is CN=C(NCc1nc(C)no1)NCc1ccc(OC(C)(C)C)cc1C(F)(F)F.I. The number of halogens is 4. The highest BCUT2D eigenvalue weighted by molar-refractivity contribution is 14.0. The number of aryl methyl sites for hydroxylation is 1. The van der Waals surface area contributed by atoms with Gasteiger partial charge in [0, 0.05) is 13.6 Å². The van der Waals surface area contributed by atoms with Crippen molar-refractivity contribution in [1.29, 1.82) is 0 Å². The Kier molecular flexibility index (Phi) is 8.72. The molecule has 162 valence electrons. The summed E-state index contributed by atoms with van der Waals surface area (Å²) in [5.74, 6) is 1.31. The van der Waals surface area contributed by atoms with Crippen LogP contribution < -0.4 is 15.4 Å². The van der Waals surface area contributed by atoms with Gasteiger partial charge in [-0.3, -0.25) is 4.99 Å². The van der Waals surface area contributed by atoms with E-state index in [9.17, 15) is 13.2 Å². The number of rotatable bonds is 5. The van der Waals surface area contributed by atoms with Crippen LogP contribution >= 0.6 is 24.0 Å². The molecular weight excluding hydrogens is 502 g/mol. The van der Waals surface area contributed by atoms with E-state index in [4.69, 9.17) is 9.26 Å². The summed E-state index contributed by atoms with van der Waals surface area (Å²) in [6, 6.07) is 3.93. The molecule has 0 amide bonds. The zero-order valence-corrected chi connectivity index (χ0v) is 19.2. The second-order valence-electron chi connectivity index (χ2n) is 7.05. The second kappa shape index (κ2) is 10.1. The van der Waals surface area contributed by atoms with Gasteiger partial charge in [0.1, 0.15) is 11.4 Å². The summed E-state index contributed by atoms with van der Waals surface area (Å²) in [5.41, 5.74) is -1.28. The molecule has 1 aromatic heterocycles. The van der Waals surface area contributed by atoms with Gasteiger partial charge in [0.2, 0.25) is 5.89 Å². The molecule has 0 aliphatic carbocycles. The number of hydrogen-bond acceptors (Lipinski definition) is 5. The molecule has 2 rings (SSSR count). The van der Waals surface area contributed by atoms with Gasteiger partial charge in [-0.25, -0.2) is 0 Å². The standard InChI is InChI=1S/C18H24F3N5O2.HI/c1-11-25-15(28-26-11)10-24-16(22-5)23-9-12-6-7-13(27-17(2,3)4)8-14(12)18(19,20)21;/h6-8H,9-10H2,1-5H3,(H2,22,23,24);1H. The molecule has 29 heavy (non-hydrogen) atoms. The van der Waals surface area contributed by atoms with E-state index in [0.29, 0.717) is 17.7 Å². The molecule has 0 unspecified atom stereocenters. The normalized spacial score (nSPS) is 12.3. The van der Waals surface area contributed by atoms with Gasteiger partial charge in [0.15, 0.2) is 11.8 Å². The maximum Gasteiger partial charge on any atom is 0.416 e. The summed E-state index contributed by atoms with van der Waals surface area (Å²) in [5, 5.41) is 9.42. The van der Waals surface area contributed by atoms with Gasteiger partial charge < -0.3 is 19.9 Å². The van der Waals surface area contributed by atoms with E-state index in [1.807, 2.05) is 0 Å². The molecule has 0 spiro atoms. The van der Waals surface area contributed by atoms with E-state index in [1.165, 1.54) is 19.2 Å². The van der Waals surface area contributed by atoms with E-state index in [1.54, 1.807) is 27.7 Å². The van der Waals surface area contributed by atoms with Crippen molar-refractivity contribution in [2.75, 3.05) is 7.05 Å². The van der Waals surface area contributed by atoms with Crippen LogP contribution in [0.3, 0.4) is 0 Å². The Labute approximate surface area is 184 Å². The second-order valence-corrected chi connectivity index (χ2v) is 7.05. The molecular formula is C18H25F3IN5O2. The van der Waals surface area contributed by atoms with E-state index in [-0.39, 0.29) is 48.4 Å². The number of guanidine groups is 1. The van der Waals surface area contributed by atoms with Crippen LogP contribution in [0.15, 0.2) is 27.7 Å². The fourth-order valence-electron chi connectivity index (χ4n) is 2.36. The topological polar surface area (TPSA) is 84.6 Å². The van der Waals surface area contributed by atoms with Crippen molar-refractivity contribution in [1.82, 2.24) is 20.8 Å². The number of nitrogens with one attached hydrogen (secondary N) is 2. The Bertz CT molecular complexity index is 832. The van der Waals surface area contributed by atoms with Crippen molar-refractivity contribution in [3.8, 4) is 5.75 Å². The van der Waals surface area contributed by atoms with Crippen LogP contribution in [0.25, 0.3) is 0 Å². The molecule has 0 aliphatic heterocycles. The van der Waals surface area contributed by atoms with Crippen LogP contribution in [0.4, 0.5) is 13.2 Å². The first kappa shape index (κ1) is 25.0. The van der Waals surface area contributed by atoms with Crippen LogP contribution in [0, 0.1) is 6.92 Å². The fourth-order valence-corrected chi connectivity index (χ4v) is 2.36. The maximum atomic E-state index is 13.5. The Hall–Kier alpha value is -2.05. The Morgan fingerprint density at radius 2 is 1.83 bits per heavy atom. The summed E-state index contributed by atoms with van der Waals surface area (Å²) in [4.78, 5) is 8.02. The van der Waals surface area contributed by atoms with Crippen molar-refractivity contribution in [2.45, 2.75) is 52.6 Å². The molecule has 0 fully saturated rings. The summed E-state index contributed by atoms with van der Waals surface area (Å²) in [6.45, 7) is 7.13. The van der Waals surface area contributed by atoms with E-state index in [0.717, 1.165) is 6.07 Å². The van der Waals surface area contributed by atoms with Crippen LogP contribution in [0.1, 0.15) is 43.6 Å². The third-order valence-corrected chi connectivity index (χ3v) is 3.46. The van der Waals surface area contributed by atoms with E-state index >= 15 is 0 Å². The fraction of sp³-hybridized carbons (Fsp3) is 0.500. The number of nitrogens with zero attached hydrogens (tertiary/aromatic N) is 3. The van der Waals surface area contributed by atoms with Crippen LogP contribution in [0.5, 0.6) is 5.75 Å². The number of ether oxygens (including phenoxy) is 1. The lowest BCUT2D eigenvalue weighted by Gasteiger charge is -2.23. The average Bonchev–Trinajstić information content (AvgIpc) is 2.99. The molecule has 0 saturated carbocycles. The van der Waals surface area contributed by atoms with Gasteiger partial charge in [-0.1, -0.05) is 11.2 Å². The Balaban J connectivity index is 0.00000420. The lowest BCUT2D eigenvalue weighted by atomic mass is 10.1. The van der Waals surface area contributed by atoms with Crippen molar-refractivity contribution >= 4 is 29.9 Å². The molecule has 0 atom stereocenters. The molecule has 2 N–H and O–H groups in total.